The average molecular weight is 281 g/mol. The molecule has 0 radical (unpaired) electrons. The summed E-state index contributed by atoms with van der Waals surface area (Å²) in [4.78, 5) is 25.5. The third kappa shape index (κ3) is 6.29. The Morgan fingerprint density at radius 3 is 2.53 bits per heavy atom. The van der Waals surface area contributed by atoms with Crippen molar-refractivity contribution in [2.45, 2.75) is 17.7 Å². The highest BCUT2D eigenvalue weighted by Crippen LogP contribution is 2.17. The number of carbonyl (C=O) groups is 2. The average Bonchev–Trinajstić information content (AvgIpc) is 2.45. The van der Waals surface area contributed by atoms with Crippen LogP contribution < -0.4 is 0 Å². The monoisotopic (exact) mass is 281 g/mol. The second-order valence-electron chi connectivity index (χ2n) is 4.05. The number of benzene rings is 1. The number of methoxy groups -OCH3 is 1. The summed E-state index contributed by atoms with van der Waals surface area (Å²) in [7, 11) is 3.05. The van der Waals surface area contributed by atoms with Gasteiger partial charge in [0.15, 0.2) is 0 Å². The van der Waals surface area contributed by atoms with Gasteiger partial charge in [0.25, 0.3) is 0 Å². The van der Waals surface area contributed by atoms with Crippen molar-refractivity contribution in [3.8, 4) is 0 Å². The molecule has 1 amide bonds. The number of thioether (sulfide) groups is 1. The first-order valence-electron chi connectivity index (χ1n) is 6.12. The first-order valence-corrected chi connectivity index (χ1v) is 7.10. The minimum atomic E-state index is -0.293. The van der Waals surface area contributed by atoms with Gasteiger partial charge in [-0.2, -0.15) is 0 Å². The van der Waals surface area contributed by atoms with Gasteiger partial charge in [0, 0.05) is 30.7 Å². The van der Waals surface area contributed by atoms with E-state index in [0.717, 1.165) is 10.6 Å². The third-order valence-corrected chi connectivity index (χ3v) is 3.65. The van der Waals surface area contributed by atoms with E-state index in [2.05, 4.69) is 4.74 Å². The zero-order valence-electron chi connectivity index (χ0n) is 11.3. The molecule has 0 N–H and O–H groups in total. The molecule has 1 aromatic carbocycles. The van der Waals surface area contributed by atoms with Crippen LogP contribution in [-0.2, 0) is 14.3 Å². The number of hydrogen-bond acceptors (Lipinski definition) is 4. The van der Waals surface area contributed by atoms with Crippen LogP contribution in [0.5, 0.6) is 0 Å². The molecule has 19 heavy (non-hydrogen) atoms. The predicted octanol–water partition coefficient (Wildman–Crippen LogP) is 2.19. The summed E-state index contributed by atoms with van der Waals surface area (Å²) in [5.74, 6) is 0.497. The molecule has 0 saturated carbocycles. The van der Waals surface area contributed by atoms with Crippen LogP contribution >= 0.6 is 11.8 Å². The van der Waals surface area contributed by atoms with E-state index in [4.69, 9.17) is 0 Å². The zero-order valence-corrected chi connectivity index (χ0v) is 12.1. The molecule has 1 aromatic rings. The maximum absolute atomic E-state index is 11.8. The van der Waals surface area contributed by atoms with Crippen LogP contribution in [0.4, 0.5) is 0 Å². The van der Waals surface area contributed by atoms with E-state index in [1.54, 1.807) is 23.7 Å². The zero-order chi connectivity index (χ0) is 14.1. The normalized spacial score (nSPS) is 10.0. The third-order valence-electron chi connectivity index (χ3n) is 2.63. The maximum atomic E-state index is 11.8. The van der Waals surface area contributed by atoms with Crippen LogP contribution in [0.2, 0.25) is 0 Å². The highest BCUT2D eigenvalue weighted by molar-refractivity contribution is 7.99. The number of esters is 1. The van der Waals surface area contributed by atoms with Crippen LogP contribution in [0.3, 0.4) is 0 Å². The molecule has 0 spiro atoms. The van der Waals surface area contributed by atoms with E-state index in [1.165, 1.54) is 7.11 Å². The lowest BCUT2D eigenvalue weighted by atomic mass is 10.3. The number of ether oxygens (including phenoxy) is 1. The molecule has 5 heteroatoms. The van der Waals surface area contributed by atoms with E-state index in [0.29, 0.717) is 13.0 Å². The lowest BCUT2D eigenvalue weighted by molar-refractivity contribution is -0.141. The van der Waals surface area contributed by atoms with Gasteiger partial charge in [-0.3, -0.25) is 9.59 Å². The minimum absolute atomic E-state index is 0.0485. The van der Waals surface area contributed by atoms with E-state index >= 15 is 0 Å². The van der Waals surface area contributed by atoms with Crippen LogP contribution in [0, 0.1) is 0 Å². The quantitative estimate of drug-likeness (QED) is 0.568. The summed E-state index contributed by atoms with van der Waals surface area (Å²) < 4.78 is 4.54. The summed E-state index contributed by atoms with van der Waals surface area (Å²) in [5.41, 5.74) is 0. The van der Waals surface area contributed by atoms with Gasteiger partial charge in [-0.1, -0.05) is 18.2 Å². The fourth-order valence-electron chi connectivity index (χ4n) is 1.45. The van der Waals surface area contributed by atoms with Gasteiger partial charge in [0.2, 0.25) is 5.91 Å². The number of carbonyl (C=O) groups excluding carboxylic acids is 2. The second kappa shape index (κ2) is 8.58. The second-order valence-corrected chi connectivity index (χ2v) is 5.22. The Bertz CT molecular complexity index is 408. The molecule has 0 unspecified atom stereocenters. The summed E-state index contributed by atoms with van der Waals surface area (Å²) in [5, 5.41) is 0. The van der Waals surface area contributed by atoms with Crippen molar-refractivity contribution in [3.63, 3.8) is 0 Å². The Kier molecular flexibility index (Phi) is 7.03. The van der Waals surface area contributed by atoms with Crippen LogP contribution in [0.15, 0.2) is 35.2 Å². The van der Waals surface area contributed by atoms with Crippen molar-refractivity contribution in [2.75, 3.05) is 26.5 Å². The molecule has 1 rings (SSSR count). The molecule has 0 bridgehead atoms. The fourth-order valence-corrected chi connectivity index (χ4v) is 2.31. The van der Waals surface area contributed by atoms with Crippen LogP contribution in [0.25, 0.3) is 0 Å². The Balaban J connectivity index is 2.21. The molecular weight excluding hydrogens is 262 g/mol. The van der Waals surface area contributed by atoms with Gasteiger partial charge in [-0.05, 0) is 12.1 Å². The lowest BCUT2D eigenvalue weighted by Crippen LogP contribution is -2.29. The Morgan fingerprint density at radius 1 is 1.21 bits per heavy atom. The highest BCUT2D eigenvalue weighted by atomic mass is 32.2. The van der Waals surface area contributed by atoms with Crippen LogP contribution in [-0.4, -0.2) is 43.2 Å². The van der Waals surface area contributed by atoms with E-state index in [-0.39, 0.29) is 18.3 Å². The molecule has 0 saturated heterocycles. The minimum Gasteiger partial charge on any atom is -0.469 e. The van der Waals surface area contributed by atoms with E-state index in [1.807, 2.05) is 30.3 Å². The summed E-state index contributed by atoms with van der Waals surface area (Å²) in [6, 6.07) is 9.97. The van der Waals surface area contributed by atoms with Crippen molar-refractivity contribution < 1.29 is 14.3 Å². The van der Waals surface area contributed by atoms with E-state index in [9.17, 15) is 9.59 Å². The van der Waals surface area contributed by atoms with Crippen LogP contribution in [0.1, 0.15) is 12.8 Å². The molecule has 0 fully saturated rings. The molecule has 0 aromatic heterocycles. The van der Waals surface area contributed by atoms with E-state index < -0.39 is 0 Å². The number of hydrogen-bond donors (Lipinski definition) is 0. The highest BCUT2D eigenvalue weighted by Gasteiger charge is 2.10. The molecular formula is C14H19NO3S. The molecule has 4 nitrogen and oxygen atoms in total. The molecule has 0 aliphatic heterocycles. The van der Waals surface area contributed by atoms with Gasteiger partial charge >= 0.3 is 5.97 Å². The lowest BCUT2D eigenvalue weighted by Gasteiger charge is -2.16. The predicted molar refractivity (Wildman–Crippen MR) is 76.1 cm³/mol. The molecule has 104 valence electrons. The Labute approximate surface area is 118 Å². The first kappa shape index (κ1) is 15.6. The van der Waals surface area contributed by atoms with Gasteiger partial charge in [0.05, 0.1) is 13.5 Å². The van der Waals surface area contributed by atoms with Gasteiger partial charge in [-0.15, -0.1) is 11.8 Å². The number of nitrogens with zero attached hydrogens (tertiary/aromatic N) is 1. The maximum Gasteiger partial charge on any atom is 0.307 e. The molecule has 0 heterocycles. The standard InChI is InChI=1S/C14H19NO3S/c1-15(10-8-14(17)18-2)13(16)9-11-19-12-6-4-3-5-7-12/h3-7H,8-11H2,1-2H3. The van der Waals surface area contributed by atoms with Gasteiger partial charge in [0.1, 0.15) is 0 Å². The molecule has 0 aliphatic rings. The first-order chi connectivity index (χ1) is 9.13. The van der Waals surface area contributed by atoms with Gasteiger partial charge in [-0.25, -0.2) is 0 Å². The van der Waals surface area contributed by atoms with Crippen molar-refractivity contribution >= 4 is 23.6 Å². The number of rotatable bonds is 7. The summed E-state index contributed by atoms with van der Waals surface area (Å²) in [6.45, 7) is 0.404. The van der Waals surface area contributed by atoms with Crippen molar-refractivity contribution in [1.29, 1.82) is 0 Å². The SMILES string of the molecule is COC(=O)CCN(C)C(=O)CCSc1ccccc1. The largest absolute Gasteiger partial charge is 0.469 e. The summed E-state index contributed by atoms with van der Waals surface area (Å²) >= 11 is 1.66. The summed E-state index contributed by atoms with van der Waals surface area (Å²) in [6.07, 6.45) is 0.710. The van der Waals surface area contributed by atoms with Gasteiger partial charge < -0.3 is 9.64 Å². The Morgan fingerprint density at radius 2 is 1.89 bits per heavy atom. The smallest absolute Gasteiger partial charge is 0.307 e. The molecule has 0 atom stereocenters. The fraction of sp³-hybridized carbons (Fsp3) is 0.429. The Hall–Kier alpha value is -1.49. The van der Waals surface area contributed by atoms with Crippen molar-refractivity contribution in [2.24, 2.45) is 0 Å². The molecule has 0 aliphatic carbocycles. The topological polar surface area (TPSA) is 46.6 Å². The van der Waals surface area contributed by atoms with Crippen molar-refractivity contribution in [1.82, 2.24) is 4.90 Å². The van der Waals surface area contributed by atoms with Crippen molar-refractivity contribution in [3.05, 3.63) is 30.3 Å². The number of amides is 1.